The Balaban J connectivity index is 2.25. The van der Waals surface area contributed by atoms with Gasteiger partial charge in [-0.2, -0.15) is 11.3 Å². The minimum absolute atomic E-state index is 0.113. The summed E-state index contributed by atoms with van der Waals surface area (Å²) in [6.45, 7) is 2.89. The predicted molar refractivity (Wildman–Crippen MR) is 74.3 cm³/mol. The van der Waals surface area contributed by atoms with Crippen LogP contribution in [-0.2, 0) is 4.79 Å². The lowest BCUT2D eigenvalue weighted by atomic mass is 9.94. The molecule has 0 aliphatic carbocycles. The van der Waals surface area contributed by atoms with Crippen molar-refractivity contribution >= 4 is 22.9 Å². The summed E-state index contributed by atoms with van der Waals surface area (Å²) in [6.07, 6.45) is 4.90. The Kier molecular flexibility index (Phi) is 6.89. The smallest absolute Gasteiger partial charge is 0.224 e. The highest BCUT2D eigenvalue weighted by Crippen LogP contribution is 2.18. The molecule has 17 heavy (non-hydrogen) atoms. The molecule has 3 N–H and O–H groups in total. The van der Waals surface area contributed by atoms with E-state index in [0.717, 1.165) is 31.5 Å². The van der Waals surface area contributed by atoms with Crippen molar-refractivity contribution < 1.29 is 4.79 Å². The van der Waals surface area contributed by atoms with Crippen LogP contribution in [0.2, 0.25) is 0 Å². The molecule has 1 amide bonds. The summed E-state index contributed by atoms with van der Waals surface area (Å²) in [5.74, 6) is 0.708. The quantitative estimate of drug-likeness (QED) is 0.748. The number of anilines is 1. The average Bonchev–Trinajstić information content (AvgIpc) is 2.79. The number of thiophene rings is 1. The van der Waals surface area contributed by atoms with Crippen molar-refractivity contribution in [1.29, 1.82) is 0 Å². The summed E-state index contributed by atoms with van der Waals surface area (Å²) >= 11 is 1.59. The van der Waals surface area contributed by atoms with Gasteiger partial charge in [0, 0.05) is 11.8 Å². The molecule has 0 saturated carbocycles. The molecular weight excluding hydrogens is 232 g/mol. The van der Waals surface area contributed by atoms with Crippen molar-refractivity contribution in [1.82, 2.24) is 0 Å². The Morgan fingerprint density at radius 2 is 2.29 bits per heavy atom. The Bertz CT molecular complexity index is 305. The van der Waals surface area contributed by atoms with Crippen LogP contribution in [0.5, 0.6) is 0 Å². The van der Waals surface area contributed by atoms with E-state index in [9.17, 15) is 4.79 Å². The van der Waals surface area contributed by atoms with Crippen LogP contribution in [0.3, 0.4) is 0 Å². The minimum Gasteiger partial charge on any atom is -0.330 e. The van der Waals surface area contributed by atoms with Crippen LogP contribution in [-0.4, -0.2) is 12.5 Å². The second-order valence-electron chi connectivity index (χ2n) is 4.33. The fraction of sp³-hybridized carbons (Fsp3) is 0.615. The lowest BCUT2D eigenvalue weighted by Gasteiger charge is -2.14. The summed E-state index contributed by atoms with van der Waals surface area (Å²) in [7, 11) is 0. The summed E-state index contributed by atoms with van der Waals surface area (Å²) in [5.41, 5.74) is 6.48. The first-order valence-electron chi connectivity index (χ1n) is 6.28. The number of nitrogens with one attached hydrogen (secondary N) is 1. The SMILES string of the molecule is CCCC(CCN)CCC(=O)Nc1ccsc1. The van der Waals surface area contributed by atoms with Gasteiger partial charge < -0.3 is 11.1 Å². The van der Waals surface area contributed by atoms with Gasteiger partial charge in [-0.05, 0) is 36.8 Å². The fourth-order valence-corrected chi connectivity index (χ4v) is 2.56. The molecule has 1 atom stereocenters. The van der Waals surface area contributed by atoms with E-state index in [4.69, 9.17) is 5.73 Å². The highest BCUT2D eigenvalue weighted by molar-refractivity contribution is 7.08. The molecule has 3 nitrogen and oxygen atoms in total. The van der Waals surface area contributed by atoms with Crippen LogP contribution < -0.4 is 11.1 Å². The predicted octanol–water partition coefficient (Wildman–Crippen LogP) is 3.23. The van der Waals surface area contributed by atoms with Gasteiger partial charge in [0.05, 0.1) is 5.69 Å². The summed E-state index contributed by atoms with van der Waals surface area (Å²) in [5, 5.41) is 6.81. The van der Waals surface area contributed by atoms with E-state index >= 15 is 0 Å². The summed E-state index contributed by atoms with van der Waals surface area (Å²) in [4.78, 5) is 11.7. The molecule has 0 bridgehead atoms. The standard InChI is InChI=1S/C13H22N2OS/c1-2-3-11(6-8-14)4-5-13(16)15-12-7-9-17-10-12/h7,9-11H,2-6,8,14H2,1H3,(H,15,16). The van der Waals surface area contributed by atoms with Crippen molar-refractivity contribution in [3.05, 3.63) is 16.8 Å². The van der Waals surface area contributed by atoms with Gasteiger partial charge in [-0.1, -0.05) is 19.8 Å². The lowest BCUT2D eigenvalue weighted by molar-refractivity contribution is -0.116. The van der Waals surface area contributed by atoms with Crippen LogP contribution in [0, 0.1) is 5.92 Å². The molecule has 0 spiro atoms. The summed E-state index contributed by atoms with van der Waals surface area (Å²) in [6, 6.07) is 1.92. The zero-order valence-corrected chi connectivity index (χ0v) is 11.3. The number of amides is 1. The monoisotopic (exact) mass is 254 g/mol. The highest BCUT2D eigenvalue weighted by Gasteiger charge is 2.10. The van der Waals surface area contributed by atoms with Crippen molar-refractivity contribution in [2.45, 2.75) is 39.0 Å². The van der Waals surface area contributed by atoms with Gasteiger partial charge in [-0.25, -0.2) is 0 Å². The number of hydrogen-bond donors (Lipinski definition) is 2. The van der Waals surface area contributed by atoms with Crippen LogP contribution in [0.1, 0.15) is 39.0 Å². The third kappa shape index (κ3) is 5.84. The van der Waals surface area contributed by atoms with Crippen LogP contribution in [0.25, 0.3) is 0 Å². The molecule has 0 aliphatic rings. The molecule has 0 radical (unpaired) electrons. The third-order valence-electron chi connectivity index (χ3n) is 2.86. The van der Waals surface area contributed by atoms with Gasteiger partial charge in [-0.15, -0.1) is 0 Å². The molecule has 0 saturated heterocycles. The van der Waals surface area contributed by atoms with Gasteiger partial charge in [-0.3, -0.25) is 4.79 Å². The molecule has 1 aromatic heterocycles. The van der Waals surface area contributed by atoms with Crippen LogP contribution >= 0.6 is 11.3 Å². The van der Waals surface area contributed by atoms with Crippen molar-refractivity contribution in [3.63, 3.8) is 0 Å². The molecular formula is C13H22N2OS. The zero-order valence-electron chi connectivity index (χ0n) is 10.4. The van der Waals surface area contributed by atoms with E-state index in [1.807, 2.05) is 16.8 Å². The Morgan fingerprint density at radius 1 is 1.47 bits per heavy atom. The topological polar surface area (TPSA) is 55.1 Å². The van der Waals surface area contributed by atoms with E-state index < -0.39 is 0 Å². The first-order chi connectivity index (χ1) is 8.26. The van der Waals surface area contributed by atoms with E-state index in [1.165, 1.54) is 6.42 Å². The molecule has 0 aromatic carbocycles. The minimum atomic E-state index is 0.113. The van der Waals surface area contributed by atoms with Crippen LogP contribution in [0.4, 0.5) is 5.69 Å². The van der Waals surface area contributed by atoms with Gasteiger partial charge in [0.2, 0.25) is 5.91 Å². The third-order valence-corrected chi connectivity index (χ3v) is 3.54. The van der Waals surface area contributed by atoms with Gasteiger partial charge in [0.15, 0.2) is 0 Å². The lowest BCUT2D eigenvalue weighted by Crippen LogP contribution is -2.15. The molecule has 1 aromatic rings. The fourth-order valence-electron chi connectivity index (χ4n) is 1.97. The number of hydrogen-bond acceptors (Lipinski definition) is 3. The van der Waals surface area contributed by atoms with Gasteiger partial charge >= 0.3 is 0 Å². The second-order valence-corrected chi connectivity index (χ2v) is 5.11. The van der Waals surface area contributed by atoms with Crippen molar-refractivity contribution in [2.75, 3.05) is 11.9 Å². The molecule has 4 heteroatoms. The largest absolute Gasteiger partial charge is 0.330 e. The molecule has 0 aliphatic heterocycles. The van der Waals surface area contributed by atoms with E-state index in [2.05, 4.69) is 12.2 Å². The number of nitrogens with two attached hydrogens (primary N) is 1. The molecule has 0 fully saturated rings. The Labute approximate surface area is 107 Å². The first-order valence-corrected chi connectivity index (χ1v) is 7.22. The van der Waals surface area contributed by atoms with E-state index in [1.54, 1.807) is 11.3 Å². The maximum absolute atomic E-state index is 11.7. The maximum atomic E-state index is 11.7. The number of carbonyl (C=O) groups is 1. The first kappa shape index (κ1) is 14.2. The van der Waals surface area contributed by atoms with Crippen molar-refractivity contribution in [2.24, 2.45) is 11.7 Å². The summed E-state index contributed by atoms with van der Waals surface area (Å²) < 4.78 is 0. The molecule has 1 heterocycles. The Morgan fingerprint density at radius 3 is 2.88 bits per heavy atom. The molecule has 1 unspecified atom stereocenters. The maximum Gasteiger partial charge on any atom is 0.224 e. The zero-order chi connectivity index (χ0) is 12.5. The highest BCUT2D eigenvalue weighted by atomic mass is 32.1. The van der Waals surface area contributed by atoms with E-state index in [-0.39, 0.29) is 5.91 Å². The van der Waals surface area contributed by atoms with Gasteiger partial charge in [0.1, 0.15) is 0 Å². The van der Waals surface area contributed by atoms with Crippen LogP contribution in [0.15, 0.2) is 16.8 Å². The van der Waals surface area contributed by atoms with Crippen molar-refractivity contribution in [3.8, 4) is 0 Å². The number of rotatable bonds is 8. The molecule has 96 valence electrons. The molecule has 1 rings (SSSR count). The normalized spacial score (nSPS) is 12.4. The number of carbonyl (C=O) groups excluding carboxylic acids is 1. The van der Waals surface area contributed by atoms with E-state index in [0.29, 0.717) is 12.3 Å². The van der Waals surface area contributed by atoms with Gasteiger partial charge in [0.25, 0.3) is 0 Å². The Hall–Kier alpha value is -0.870. The second kappa shape index (κ2) is 8.25. The average molecular weight is 254 g/mol.